The van der Waals surface area contributed by atoms with E-state index >= 15 is 0 Å². The Morgan fingerprint density at radius 1 is 1.39 bits per heavy atom. The van der Waals surface area contributed by atoms with Gasteiger partial charge in [0.1, 0.15) is 0 Å². The third-order valence-electron chi connectivity index (χ3n) is 3.65. The second-order valence-corrected chi connectivity index (χ2v) is 4.93. The predicted octanol–water partition coefficient (Wildman–Crippen LogP) is 2.41. The lowest BCUT2D eigenvalue weighted by molar-refractivity contribution is 0.467. The highest BCUT2D eigenvalue weighted by atomic mass is 15.2. The predicted molar refractivity (Wildman–Crippen MR) is 71.4 cm³/mol. The van der Waals surface area contributed by atoms with Gasteiger partial charge in [0.25, 0.3) is 0 Å². The summed E-state index contributed by atoms with van der Waals surface area (Å²) >= 11 is 0. The standard InChI is InChI=1S/C14H18N4/c1-10(17-12-5-3-4-6-12)13-9-15-14-7-8-16-18(14)11(13)2/h3-4,7-10,12,17H,5-6H2,1-2H3. The van der Waals surface area contributed by atoms with E-state index in [0.717, 1.165) is 24.2 Å². The van der Waals surface area contributed by atoms with Crippen molar-refractivity contribution in [3.63, 3.8) is 0 Å². The Hall–Kier alpha value is -1.68. The molecule has 1 unspecified atom stereocenters. The fraction of sp³-hybridized carbons (Fsp3) is 0.429. The molecule has 0 bridgehead atoms. The molecule has 0 saturated carbocycles. The number of fused-ring (bicyclic) bond motifs is 1. The average molecular weight is 242 g/mol. The molecule has 4 nitrogen and oxygen atoms in total. The number of rotatable bonds is 3. The van der Waals surface area contributed by atoms with Crippen LogP contribution in [-0.4, -0.2) is 20.6 Å². The van der Waals surface area contributed by atoms with Crippen LogP contribution in [0, 0.1) is 6.92 Å². The zero-order valence-corrected chi connectivity index (χ0v) is 10.8. The van der Waals surface area contributed by atoms with E-state index in [0.29, 0.717) is 12.1 Å². The summed E-state index contributed by atoms with van der Waals surface area (Å²) in [7, 11) is 0. The molecule has 0 fully saturated rings. The number of nitrogens with zero attached hydrogens (tertiary/aromatic N) is 3. The zero-order valence-electron chi connectivity index (χ0n) is 10.8. The molecule has 3 rings (SSSR count). The SMILES string of the molecule is Cc1c(C(C)NC2CC=CC2)cnc2ccnn12. The summed E-state index contributed by atoms with van der Waals surface area (Å²) in [6.07, 6.45) is 10.5. The maximum Gasteiger partial charge on any atom is 0.155 e. The van der Waals surface area contributed by atoms with Crippen molar-refractivity contribution in [2.75, 3.05) is 0 Å². The Labute approximate surface area is 107 Å². The first-order valence-electron chi connectivity index (χ1n) is 6.46. The minimum Gasteiger partial charge on any atom is -0.307 e. The van der Waals surface area contributed by atoms with E-state index in [1.807, 2.05) is 16.8 Å². The zero-order chi connectivity index (χ0) is 12.5. The number of hydrogen-bond acceptors (Lipinski definition) is 3. The van der Waals surface area contributed by atoms with E-state index in [-0.39, 0.29) is 0 Å². The van der Waals surface area contributed by atoms with Crippen molar-refractivity contribution in [3.05, 3.63) is 41.9 Å². The van der Waals surface area contributed by atoms with Crippen LogP contribution in [-0.2, 0) is 0 Å². The van der Waals surface area contributed by atoms with E-state index in [9.17, 15) is 0 Å². The number of aryl methyl sites for hydroxylation is 1. The van der Waals surface area contributed by atoms with Crippen LogP contribution < -0.4 is 5.32 Å². The van der Waals surface area contributed by atoms with Gasteiger partial charge in [0.15, 0.2) is 5.65 Å². The monoisotopic (exact) mass is 242 g/mol. The second kappa shape index (κ2) is 4.53. The Morgan fingerprint density at radius 2 is 2.17 bits per heavy atom. The molecule has 2 aromatic rings. The van der Waals surface area contributed by atoms with Crippen LogP contribution in [0.5, 0.6) is 0 Å². The molecule has 4 heteroatoms. The Bertz CT molecular complexity index is 576. The molecule has 0 saturated heterocycles. The van der Waals surface area contributed by atoms with E-state index in [1.54, 1.807) is 6.20 Å². The van der Waals surface area contributed by atoms with Gasteiger partial charge in [-0.1, -0.05) is 12.2 Å². The Balaban J connectivity index is 1.86. The van der Waals surface area contributed by atoms with Crippen LogP contribution in [0.2, 0.25) is 0 Å². The van der Waals surface area contributed by atoms with Crippen LogP contribution in [0.1, 0.15) is 37.1 Å². The highest BCUT2D eigenvalue weighted by Crippen LogP contribution is 2.20. The van der Waals surface area contributed by atoms with Gasteiger partial charge in [-0.05, 0) is 26.7 Å². The fourth-order valence-corrected chi connectivity index (χ4v) is 2.63. The summed E-state index contributed by atoms with van der Waals surface area (Å²) in [4.78, 5) is 4.44. The topological polar surface area (TPSA) is 42.2 Å². The maximum absolute atomic E-state index is 4.44. The van der Waals surface area contributed by atoms with Gasteiger partial charge in [0.05, 0.1) is 6.20 Å². The van der Waals surface area contributed by atoms with E-state index < -0.39 is 0 Å². The van der Waals surface area contributed by atoms with Crippen LogP contribution in [0.15, 0.2) is 30.6 Å². The molecule has 1 atom stereocenters. The lowest BCUT2D eigenvalue weighted by Gasteiger charge is -2.21. The van der Waals surface area contributed by atoms with Gasteiger partial charge >= 0.3 is 0 Å². The van der Waals surface area contributed by atoms with Crippen molar-refractivity contribution in [1.82, 2.24) is 19.9 Å². The normalized spacial score (nSPS) is 17.7. The van der Waals surface area contributed by atoms with E-state index in [2.05, 4.69) is 41.4 Å². The van der Waals surface area contributed by atoms with Gasteiger partial charge in [-0.25, -0.2) is 9.50 Å². The second-order valence-electron chi connectivity index (χ2n) is 4.93. The quantitative estimate of drug-likeness (QED) is 0.840. The molecule has 2 aromatic heterocycles. The maximum atomic E-state index is 4.44. The van der Waals surface area contributed by atoms with Crippen molar-refractivity contribution in [3.8, 4) is 0 Å². The summed E-state index contributed by atoms with van der Waals surface area (Å²) < 4.78 is 1.90. The third-order valence-corrected chi connectivity index (χ3v) is 3.65. The average Bonchev–Trinajstić information content (AvgIpc) is 2.99. The number of nitrogens with one attached hydrogen (secondary N) is 1. The molecule has 1 N–H and O–H groups in total. The van der Waals surface area contributed by atoms with Crippen molar-refractivity contribution >= 4 is 5.65 Å². The molecule has 0 amide bonds. The largest absolute Gasteiger partial charge is 0.307 e. The number of hydrogen-bond donors (Lipinski definition) is 1. The van der Waals surface area contributed by atoms with Crippen molar-refractivity contribution < 1.29 is 0 Å². The first-order chi connectivity index (χ1) is 8.75. The lowest BCUT2D eigenvalue weighted by Crippen LogP contribution is -2.30. The summed E-state index contributed by atoms with van der Waals surface area (Å²) in [5, 5.41) is 7.96. The first kappa shape index (κ1) is 11.4. The van der Waals surface area contributed by atoms with Gasteiger partial charge in [-0.3, -0.25) is 0 Å². The van der Waals surface area contributed by atoms with Gasteiger partial charge in [0.2, 0.25) is 0 Å². The van der Waals surface area contributed by atoms with Crippen LogP contribution in [0.4, 0.5) is 0 Å². The molecule has 0 spiro atoms. The van der Waals surface area contributed by atoms with Crippen molar-refractivity contribution in [2.45, 2.75) is 38.8 Å². The Morgan fingerprint density at radius 3 is 2.94 bits per heavy atom. The summed E-state index contributed by atoms with van der Waals surface area (Å²) in [6.45, 7) is 4.29. The first-order valence-corrected chi connectivity index (χ1v) is 6.46. The van der Waals surface area contributed by atoms with Crippen molar-refractivity contribution in [2.24, 2.45) is 0 Å². The molecule has 0 aromatic carbocycles. The summed E-state index contributed by atoms with van der Waals surface area (Å²) in [6, 6.07) is 2.79. The molecule has 1 aliphatic carbocycles. The van der Waals surface area contributed by atoms with Crippen LogP contribution in [0.25, 0.3) is 5.65 Å². The van der Waals surface area contributed by atoms with Gasteiger partial charge in [-0.15, -0.1) is 0 Å². The number of aromatic nitrogens is 3. The van der Waals surface area contributed by atoms with Gasteiger partial charge in [0, 0.05) is 35.6 Å². The molecule has 94 valence electrons. The molecule has 2 heterocycles. The smallest absolute Gasteiger partial charge is 0.155 e. The molecule has 0 radical (unpaired) electrons. The molecule has 1 aliphatic rings. The van der Waals surface area contributed by atoms with Crippen LogP contribution >= 0.6 is 0 Å². The van der Waals surface area contributed by atoms with Gasteiger partial charge < -0.3 is 5.32 Å². The van der Waals surface area contributed by atoms with Gasteiger partial charge in [-0.2, -0.15) is 5.10 Å². The lowest BCUT2D eigenvalue weighted by atomic mass is 10.1. The van der Waals surface area contributed by atoms with Crippen molar-refractivity contribution in [1.29, 1.82) is 0 Å². The van der Waals surface area contributed by atoms with E-state index in [4.69, 9.17) is 0 Å². The fourth-order valence-electron chi connectivity index (χ4n) is 2.63. The minimum atomic E-state index is 0.302. The highest BCUT2D eigenvalue weighted by molar-refractivity contribution is 5.39. The molecule has 0 aliphatic heterocycles. The van der Waals surface area contributed by atoms with E-state index in [1.165, 1.54) is 5.56 Å². The highest BCUT2D eigenvalue weighted by Gasteiger charge is 2.17. The summed E-state index contributed by atoms with van der Waals surface area (Å²) in [5.74, 6) is 0. The molecular formula is C14H18N4. The molecule has 18 heavy (non-hydrogen) atoms. The summed E-state index contributed by atoms with van der Waals surface area (Å²) in [5.41, 5.74) is 3.29. The molecular weight excluding hydrogens is 224 g/mol. The minimum absolute atomic E-state index is 0.302. The van der Waals surface area contributed by atoms with Crippen LogP contribution in [0.3, 0.4) is 0 Å². The third kappa shape index (κ3) is 1.93. The Kier molecular flexibility index (Phi) is 2.88.